The molecule has 9 heteroatoms. The molecule has 0 bridgehead atoms. The lowest BCUT2D eigenvalue weighted by Gasteiger charge is -2.10. The maximum Gasteiger partial charge on any atom is 0.358 e. The van der Waals surface area contributed by atoms with Crippen molar-refractivity contribution >= 4 is 34.9 Å². The number of nitrogens with zero attached hydrogens (tertiary/aromatic N) is 3. The van der Waals surface area contributed by atoms with Gasteiger partial charge in [0.1, 0.15) is 5.82 Å². The first-order chi connectivity index (χ1) is 9.47. The van der Waals surface area contributed by atoms with Crippen molar-refractivity contribution in [1.82, 2.24) is 15.0 Å². The van der Waals surface area contributed by atoms with Crippen molar-refractivity contribution in [3.63, 3.8) is 0 Å². The maximum absolute atomic E-state index is 13.0. The van der Waals surface area contributed by atoms with E-state index in [1.165, 1.54) is 10.9 Å². The van der Waals surface area contributed by atoms with Gasteiger partial charge in [-0.1, -0.05) is 28.4 Å². The van der Waals surface area contributed by atoms with E-state index in [0.29, 0.717) is 18.8 Å². The largest absolute Gasteiger partial charge is 0.476 e. The minimum absolute atomic E-state index is 0.136. The molecule has 1 aromatic heterocycles. The van der Waals surface area contributed by atoms with E-state index in [-0.39, 0.29) is 15.7 Å². The van der Waals surface area contributed by atoms with Crippen molar-refractivity contribution in [3.8, 4) is 0 Å². The average molecular weight is 319 g/mol. The van der Waals surface area contributed by atoms with Gasteiger partial charge >= 0.3 is 5.97 Å². The van der Waals surface area contributed by atoms with Crippen molar-refractivity contribution in [2.24, 2.45) is 0 Å². The number of carboxylic acids is 1. The smallest absolute Gasteiger partial charge is 0.358 e. The van der Waals surface area contributed by atoms with Crippen LogP contribution in [-0.2, 0) is 6.54 Å². The molecule has 0 aliphatic heterocycles. The lowest BCUT2D eigenvalue weighted by atomic mass is 10.3. The van der Waals surface area contributed by atoms with Gasteiger partial charge in [-0.2, -0.15) is 0 Å². The second kappa shape index (κ2) is 6.06. The molecule has 0 saturated heterocycles. The van der Waals surface area contributed by atoms with Crippen LogP contribution in [0.15, 0.2) is 18.3 Å². The molecule has 106 valence electrons. The quantitative estimate of drug-likeness (QED) is 0.885. The molecule has 2 aromatic rings. The molecule has 0 amide bonds. The fraction of sp³-hybridized carbons (Fsp3) is 0.182. The number of anilines is 1. The Labute approximate surface area is 123 Å². The predicted molar refractivity (Wildman–Crippen MR) is 71.9 cm³/mol. The minimum atomic E-state index is -1.14. The number of rotatable bonds is 5. The Morgan fingerprint density at radius 3 is 2.60 bits per heavy atom. The van der Waals surface area contributed by atoms with Gasteiger partial charge in [0.2, 0.25) is 0 Å². The van der Waals surface area contributed by atoms with Gasteiger partial charge in [-0.15, -0.1) is 5.10 Å². The number of carbonyl (C=O) groups is 1. The van der Waals surface area contributed by atoms with Gasteiger partial charge in [-0.05, 0) is 12.1 Å². The second-order valence-electron chi connectivity index (χ2n) is 3.84. The summed E-state index contributed by atoms with van der Waals surface area (Å²) in [5, 5.41) is 19.1. The zero-order chi connectivity index (χ0) is 14.7. The third kappa shape index (κ3) is 3.37. The summed E-state index contributed by atoms with van der Waals surface area (Å²) in [6.07, 6.45) is 1.30. The maximum atomic E-state index is 13.0. The fourth-order valence-electron chi connectivity index (χ4n) is 1.51. The predicted octanol–water partition coefficient (Wildman–Crippen LogP) is 2.53. The molecular weight excluding hydrogens is 310 g/mol. The lowest BCUT2D eigenvalue weighted by Crippen LogP contribution is -2.11. The first-order valence-corrected chi connectivity index (χ1v) is 6.25. The van der Waals surface area contributed by atoms with Gasteiger partial charge in [0.05, 0.1) is 28.5 Å². The van der Waals surface area contributed by atoms with Gasteiger partial charge in [-0.25, -0.2) is 13.9 Å². The van der Waals surface area contributed by atoms with Crippen LogP contribution in [0.25, 0.3) is 0 Å². The van der Waals surface area contributed by atoms with Crippen LogP contribution in [-0.4, -0.2) is 32.6 Å². The van der Waals surface area contributed by atoms with Crippen molar-refractivity contribution < 1.29 is 14.3 Å². The van der Waals surface area contributed by atoms with Crippen molar-refractivity contribution in [1.29, 1.82) is 0 Å². The first kappa shape index (κ1) is 14.5. The summed E-state index contributed by atoms with van der Waals surface area (Å²) in [5.74, 6) is -1.67. The van der Waals surface area contributed by atoms with Crippen LogP contribution in [0.4, 0.5) is 10.1 Å². The number of aromatic nitrogens is 3. The van der Waals surface area contributed by atoms with Crippen molar-refractivity contribution in [2.45, 2.75) is 6.54 Å². The standard InChI is InChI=1S/C11H9Cl2FN4O2/c12-7-3-6(14)4-8(13)10(7)15-1-2-18-5-9(11(19)20)16-17-18/h3-5,15H,1-2H2,(H,19,20). The van der Waals surface area contributed by atoms with Crippen LogP contribution in [0.1, 0.15) is 10.5 Å². The molecule has 20 heavy (non-hydrogen) atoms. The summed E-state index contributed by atoms with van der Waals surface area (Å²) in [6.45, 7) is 0.720. The molecule has 0 atom stereocenters. The highest BCUT2D eigenvalue weighted by Crippen LogP contribution is 2.31. The normalized spacial score (nSPS) is 10.6. The molecule has 2 rings (SSSR count). The molecule has 2 N–H and O–H groups in total. The van der Waals surface area contributed by atoms with Gasteiger partial charge < -0.3 is 10.4 Å². The zero-order valence-electron chi connectivity index (χ0n) is 9.98. The summed E-state index contributed by atoms with van der Waals surface area (Å²) in [6, 6.07) is 2.29. The molecular formula is C11H9Cl2FN4O2. The molecule has 0 radical (unpaired) electrons. The van der Waals surface area contributed by atoms with Gasteiger partial charge in [0.25, 0.3) is 0 Å². The van der Waals surface area contributed by atoms with E-state index in [4.69, 9.17) is 28.3 Å². The van der Waals surface area contributed by atoms with Crippen LogP contribution in [0.5, 0.6) is 0 Å². The fourth-order valence-corrected chi connectivity index (χ4v) is 2.11. The van der Waals surface area contributed by atoms with Crippen LogP contribution in [0, 0.1) is 5.82 Å². The molecule has 1 heterocycles. The summed E-state index contributed by atoms with van der Waals surface area (Å²) in [4.78, 5) is 10.6. The Bertz CT molecular complexity index is 624. The lowest BCUT2D eigenvalue weighted by molar-refractivity contribution is 0.0690. The highest BCUT2D eigenvalue weighted by molar-refractivity contribution is 6.39. The number of benzene rings is 1. The van der Waals surface area contributed by atoms with E-state index in [1.54, 1.807) is 0 Å². The van der Waals surface area contributed by atoms with E-state index < -0.39 is 11.8 Å². The van der Waals surface area contributed by atoms with Crippen LogP contribution < -0.4 is 5.32 Å². The second-order valence-corrected chi connectivity index (χ2v) is 4.66. The van der Waals surface area contributed by atoms with E-state index in [2.05, 4.69) is 15.6 Å². The molecule has 0 aliphatic carbocycles. The molecule has 0 aliphatic rings. The number of halogens is 3. The number of carboxylic acid groups (broad SMARTS) is 1. The first-order valence-electron chi connectivity index (χ1n) is 5.49. The Morgan fingerprint density at radius 2 is 2.05 bits per heavy atom. The average Bonchev–Trinajstić information content (AvgIpc) is 2.81. The third-order valence-corrected chi connectivity index (χ3v) is 3.00. The zero-order valence-corrected chi connectivity index (χ0v) is 11.5. The van der Waals surface area contributed by atoms with Crippen LogP contribution in [0.3, 0.4) is 0 Å². The number of aromatic carboxylic acids is 1. The highest BCUT2D eigenvalue weighted by atomic mass is 35.5. The van der Waals surface area contributed by atoms with E-state index in [0.717, 1.165) is 12.1 Å². The van der Waals surface area contributed by atoms with Gasteiger partial charge in [-0.3, -0.25) is 0 Å². The monoisotopic (exact) mass is 318 g/mol. The highest BCUT2D eigenvalue weighted by Gasteiger charge is 2.10. The van der Waals surface area contributed by atoms with Gasteiger partial charge in [0, 0.05) is 6.54 Å². The molecule has 0 fully saturated rings. The third-order valence-electron chi connectivity index (χ3n) is 2.41. The van der Waals surface area contributed by atoms with Gasteiger partial charge in [0.15, 0.2) is 5.69 Å². The molecule has 1 aromatic carbocycles. The van der Waals surface area contributed by atoms with E-state index in [9.17, 15) is 9.18 Å². The Kier molecular flexibility index (Phi) is 4.41. The van der Waals surface area contributed by atoms with Crippen LogP contribution in [0.2, 0.25) is 10.0 Å². The Hall–Kier alpha value is -1.86. The molecule has 6 nitrogen and oxygen atoms in total. The summed E-state index contributed by atoms with van der Waals surface area (Å²) in [7, 11) is 0. The topological polar surface area (TPSA) is 80.0 Å². The van der Waals surface area contributed by atoms with Crippen molar-refractivity contribution in [3.05, 3.63) is 39.9 Å². The number of hydrogen-bond acceptors (Lipinski definition) is 4. The van der Waals surface area contributed by atoms with Crippen LogP contribution >= 0.6 is 23.2 Å². The summed E-state index contributed by atoms with van der Waals surface area (Å²) >= 11 is 11.7. The van der Waals surface area contributed by atoms with E-state index >= 15 is 0 Å². The number of hydrogen-bond donors (Lipinski definition) is 2. The summed E-state index contributed by atoms with van der Waals surface area (Å²) < 4.78 is 14.4. The SMILES string of the molecule is O=C(O)c1cn(CCNc2c(Cl)cc(F)cc2Cl)nn1. The minimum Gasteiger partial charge on any atom is -0.476 e. The summed E-state index contributed by atoms with van der Waals surface area (Å²) in [5.41, 5.74) is 0.274. The molecule has 0 saturated carbocycles. The Morgan fingerprint density at radius 1 is 1.40 bits per heavy atom. The van der Waals surface area contributed by atoms with Crippen molar-refractivity contribution in [2.75, 3.05) is 11.9 Å². The number of nitrogens with one attached hydrogen (secondary N) is 1. The van der Waals surface area contributed by atoms with E-state index in [1.807, 2.05) is 0 Å². The molecule has 0 unspecified atom stereocenters. The molecule has 0 spiro atoms. The Balaban J connectivity index is 1.97.